The van der Waals surface area contributed by atoms with Crippen molar-refractivity contribution >= 4 is 27.7 Å². The number of carboxylic acid groups (broad SMARTS) is 1. The molecule has 1 saturated carbocycles. The van der Waals surface area contributed by atoms with E-state index in [1.165, 1.54) is 6.07 Å². The fourth-order valence-electron chi connectivity index (χ4n) is 1.88. The summed E-state index contributed by atoms with van der Waals surface area (Å²) in [5.74, 6) is -0.719. The van der Waals surface area contributed by atoms with Gasteiger partial charge in [0.25, 0.3) is 0 Å². The van der Waals surface area contributed by atoms with Crippen molar-refractivity contribution in [2.24, 2.45) is 0 Å². The second-order valence-electron chi connectivity index (χ2n) is 4.27. The highest BCUT2D eigenvalue weighted by molar-refractivity contribution is 9.10. The number of pyridine rings is 1. The van der Waals surface area contributed by atoms with E-state index >= 15 is 0 Å². The molecule has 1 heterocycles. The fraction of sp³-hybridized carbons (Fsp3) is 0.455. The molecule has 0 aromatic carbocycles. The van der Waals surface area contributed by atoms with E-state index < -0.39 is 11.5 Å². The number of aromatic nitrogens is 1. The summed E-state index contributed by atoms with van der Waals surface area (Å²) in [7, 11) is 0. The van der Waals surface area contributed by atoms with Gasteiger partial charge in [-0.3, -0.25) is 0 Å². The van der Waals surface area contributed by atoms with Gasteiger partial charge < -0.3 is 15.5 Å². The molecule has 2 rings (SSSR count). The van der Waals surface area contributed by atoms with Gasteiger partial charge in [-0.05, 0) is 41.3 Å². The summed E-state index contributed by atoms with van der Waals surface area (Å²) < 4.78 is 0.618. The lowest BCUT2D eigenvalue weighted by Crippen LogP contribution is -2.48. The number of halogens is 1. The van der Waals surface area contributed by atoms with Gasteiger partial charge in [0.15, 0.2) is 0 Å². The van der Waals surface area contributed by atoms with E-state index in [0.29, 0.717) is 10.3 Å². The lowest BCUT2D eigenvalue weighted by atomic mass is 9.77. The molecule has 1 aliphatic rings. The van der Waals surface area contributed by atoms with E-state index in [1.807, 2.05) is 0 Å². The highest BCUT2D eigenvalue weighted by atomic mass is 79.9. The third kappa shape index (κ3) is 2.42. The number of nitrogens with one attached hydrogen (secondary N) is 1. The largest absolute Gasteiger partial charge is 0.478 e. The van der Waals surface area contributed by atoms with Gasteiger partial charge in [0, 0.05) is 10.7 Å². The summed E-state index contributed by atoms with van der Waals surface area (Å²) in [4.78, 5) is 15.2. The SMILES string of the molecule is O=C(O)c1cc(Br)cnc1NC1(CO)CCC1. The number of aliphatic hydroxyl groups excluding tert-OH is 1. The molecule has 0 aliphatic heterocycles. The fourth-order valence-corrected chi connectivity index (χ4v) is 2.21. The van der Waals surface area contributed by atoms with E-state index in [1.54, 1.807) is 6.20 Å². The lowest BCUT2D eigenvalue weighted by molar-refractivity contribution is 0.0696. The van der Waals surface area contributed by atoms with Gasteiger partial charge in [0.2, 0.25) is 0 Å². The van der Waals surface area contributed by atoms with E-state index in [-0.39, 0.29) is 12.2 Å². The molecule has 3 N–H and O–H groups in total. The van der Waals surface area contributed by atoms with Crippen molar-refractivity contribution in [3.8, 4) is 0 Å². The van der Waals surface area contributed by atoms with Crippen molar-refractivity contribution in [1.82, 2.24) is 4.98 Å². The van der Waals surface area contributed by atoms with Crippen LogP contribution in [0.4, 0.5) is 5.82 Å². The Balaban J connectivity index is 2.29. The van der Waals surface area contributed by atoms with Crippen molar-refractivity contribution in [3.63, 3.8) is 0 Å². The summed E-state index contributed by atoms with van der Waals surface area (Å²) in [5, 5.41) is 21.5. The van der Waals surface area contributed by atoms with Gasteiger partial charge in [-0.25, -0.2) is 9.78 Å². The topological polar surface area (TPSA) is 82.5 Å². The Hall–Kier alpha value is -1.14. The van der Waals surface area contributed by atoms with Crippen LogP contribution in [0, 0.1) is 0 Å². The maximum absolute atomic E-state index is 11.1. The van der Waals surface area contributed by atoms with Crippen molar-refractivity contribution < 1.29 is 15.0 Å². The van der Waals surface area contributed by atoms with Crippen molar-refractivity contribution in [1.29, 1.82) is 0 Å². The van der Waals surface area contributed by atoms with Crippen LogP contribution in [0.3, 0.4) is 0 Å². The Morgan fingerprint density at radius 2 is 2.29 bits per heavy atom. The number of nitrogens with zero attached hydrogens (tertiary/aromatic N) is 1. The van der Waals surface area contributed by atoms with Crippen LogP contribution in [-0.4, -0.2) is 33.3 Å². The van der Waals surface area contributed by atoms with Crippen LogP contribution in [-0.2, 0) is 0 Å². The van der Waals surface area contributed by atoms with Crippen LogP contribution in [0.25, 0.3) is 0 Å². The lowest BCUT2D eigenvalue weighted by Gasteiger charge is -2.41. The summed E-state index contributed by atoms with van der Waals surface area (Å²) in [5.41, 5.74) is -0.288. The number of hydrogen-bond acceptors (Lipinski definition) is 4. The number of rotatable bonds is 4. The highest BCUT2D eigenvalue weighted by Crippen LogP contribution is 2.35. The minimum Gasteiger partial charge on any atom is -0.478 e. The van der Waals surface area contributed by atoms with Gasteiger partial charge in [-0.1, -0.05) is 0 Å². The number of carbonyl (C=O) groups is 1. The molecule has 1 aromatic heterocycles. The van der Waals surface area contributed by atoms with Gasteiger partial charge in [-0.15, -0.1) is 0 Å². The minimum absolute atomic E-state index is 0.0101. The third-order valence-electron chi connectivity index (χ3n) is 3.08. The predicted molar refractivity (Wildman–Crippen MR) is 66.2 cm³/mol. The molecule has 0 bridgehead atoms. The van der Waals surface area contributed by atoms with Gasteiger partial charge in [-0.2, -0.15) is 0 Å². The molecule has 17 heavy (non-hydrogen) atoms. The number of aliphatic hydroxyl groups is 1. The van der Waals surface area contributed by atoms with E-state index in [2.05, 4.69) is 26.2 Å². The first-order valence-corrected chi connectivity index (χ1v) is 6.13. The third-order valence-corrected chi connectivity index (χ3v) is 3.52. The maximum Gasteiger partial charge on any atom is 0.339 e. The monoisotopic (exact) mass is 300 g/mol. The van der Waals surface area contributed by atoms with E-state index in [4.69, 9.17) is 5.11 Å². The van der Waals surface area contributed by atoms with Crippen LogP contribution < -0.4 is 5.32 Å². The molecular weight excluding hydrogens is 288 g/mol. The Bertz CT molecular complexity index is 441. The quantitative estimate of drug-likeness (QED) is 0.791. The van der Waals surface area contributed by atoms with Crippen LogP contribution in [0.5, 0.6) is 0 Å². The number of carboxylic acids is 1. The van der Waals surface area contributed by atoms with Crippen molar-refractivity contribution in [2.75, 3.05) is 11.9 Å². The average molecular weight is 301 g/mol. The zero-order chi connectivity index (χ0) is 12.5. The molecule has 92 valence electrons. The molecule has 1 fully saturated rings. The van der Waals surface area contributed by atoms with Crippen LogP contribution in [0.15, 0.2) is 16.7 Å². The molecule has 0 amide bonds. The summed E-state index contributed by atoms with van der Waals surface area (Å²) >= 11 is 3.19. The van der Waals surface area contributed by atoms with Crippen molar-refractivity contribution in [3.05, 3.63) is 22.3 Å². The zero-order valence-electron chi connectivity index (χ0n) is 9.11. The molecule has 5 nitrogen and oxygen atoms in total. The first-order valence-electron chi connectivity index (χ1n) is 5.34. The van der Waals surface area contributed by atoms with Crippen LogP contribution >= 0.6 is 15.9 Å². The molecule has 0 spiro atoms. The number of anilines is 1. The Kier molecular flexibility index (Phi) is 3.35. The maximum atomic E-state index is 11.1. The Morgan fingerprint density at radius 3 is 2.76 bits per heavy atom. The number of aromatic carboxylic acids is 1. The Morgan fingerprint density at radius 1 is 1.59 bits per heavy atom. The van der Waals surface area contributed by atoms with E-state index in [9.17, 15) is 9.90 Å². The molecule has 6 heteroatoms. The summed E-state index contributed by atoms with van der Waals surface area (Å²) in [6, 6.07) is 1.50. The molecule has 0 unspecified atom stereocenters. The summed E-state index contributed by atoms with van der Waals surface area (Å²) in [6.07, 6.45) is 4.24. The molecule has 0 radical (unpaired) electrons. The van der Waals surface area contributed by atoms with Crippen LogP contribution in [0.2, 0.25) is 0 Å². The minimum atomic E-state index is -1.03. The van der Waals surface area contributed by atoms with Crippen molar-refractivity contribution in [2.45, 2.75) is 24.8 Å². The van der Waals surface area contributed by atoms with Crippen LogP contribution in [0.1, 0.15) is 29.6 Å². The number of hydrogen-bond donors (Lipinski definition) is 3. The normalized spacial score (nSPS) is 17.3. The smallest absolute Gasteiger partial charge is 0.339 e. The summed E-state index contributed by atoms with van der Waals surface area (Å²) in [6.45, 7) is -0.0101. The van der Waals surface area contributed by atoms with Gasteiger partial charge in [0.1, 0.15) is 11.4 Å². The van der Waals surface area contributed by atoms with E-state index in [0.717, 1.165) is 19.3 Å². The second-order valence-corrected chi connectivity index (χ2v) is 5.19. The van der Waals surface area contributed by atoms with Gasteiger partial charge in [0.05, 0.1) is 12.1 Å². The average Bonchev–Trinajstić information content (AvgIpc) is 2.25. The predicted octanol–water partition coefficient (Wildman–Crippen LogP) is 1.87. The van der Waals surface area contributed by atoms with Gasteiger partial charge >= 0.3 is 5.97 Å². The molecular formula is C11H13BrN2O3. The molecule has 1 aliphatic carbocycles. The highest BCUT2D eigenvalue weighted by Gasteiger charge is 2.37. The Labute approximate surface area is 107 Å². The first-order chi connectivity index (χ1) is 8.06. The zero-order valence-corrected chi connectivity index (χ0v) is 10.7. The molecule has 0 atom stereocenters. The first kappa shape index (κ1) is 12.3. The molecule has 0 saturated heterocycles. The standard InChI is InChI=1S/C11H13BrN2O3/c12-7-4-8(10(16)17)9(13-5-7)14-11(6-15)2-1-3-11/h4-5,15H,1-3,6H2,(H,13,14)(H,16,17). The second kappa shape index (κ2) is 4.62. The molecule has 1 aromatic rings.